The molecular weight excluding hydrogens is 264 g/mol. The molecule has 2 heterocycles. The van der Waals surface area contributed by atoms with Crippen LogP contribution in [0.3, 0.4) is 0 Å². The SMILES string of the molecule is C[C@@H]1C[C@@H](C)CN(S(=O)(=O)c2ccc(NN)nc2)C1. The second kappa shape index (κ2) is 5.44. The maximum atomic E-state index is 12.5. The van der Waals surface area contributed by atoms with Gasteiger partial charge in [-0.1, -0.05) is 13.8 Å². The van der Waals surface area contributed by atoms with Crippen molar-refractivity contribution in [1.29, 1.82) is 0 Å². The average molecular weight is 284 g/mol. The van der Waals surface area contributed by atoms with Crippen molar-refractivity contribution in [2.75, 3.05) is 18.5 Å². The van der Waals surface area contributed by atoms with Gasteiger partial charge in [-0.3, -0.25) is 0 Å². The Bertz CT molecular complexity index is 519. The lowest BCUT2D eigenvalue weighted by Crippen LogP contribution is -2.42. The van der Waals surface area contributed by atoms with Crippen LogP contribution < -0.4 is 11.3 Å². The zero-order valence-electron chi connectivity index (χ0n) is 11.2. The predicted octanol–water partition coefficient (Wildman–Crippen LogP) is 1.03. The number of hydrogen-bond acceptors (Lipinski definition) is 5. The van der Waals surface area contributed by atoms with E-state index in [1.165, 1.54) is 12.3 Å². The van der Waals surface area contributed by atoms with Gasteiger partial charge in [-0.05, 0) is 30.4 Å². The van der Waals surface area contributed by atoms with Crippen molar-refractivity contribution >= 4 is 15.8 Å². The quantitative estimate of drug-likeness (QED) is 0.639. The third kappa shape index (κ3) is 3.05. The molecule has 0 spiro atoms. The van der Waals surface area contributed by atoms with Crippen LogP contribution in [0, 0.1) is 11.8 Å². The minimum Gasteiger partial charge on any atom is -0.308 e. The zero-order chi connectivity index (χ0) is 14.0. The highest BCUT2D eigenvalue weighted by Crippen LogP contribution is 2.26. The lowest BCUT2D eigenvalue weighted by Gasteiger charge is -2.33. The molecule has 1 saturated heterocycles. The van der Waals surface area contributed by atoms with Crippen molar-refractivity contribution in [2.24, 2.45) is 17.7 Å². The van der Waals surface area contributed by atoms with Gasteiger partial charge in [0, 0.05) is 19.3 Å². The molecule has 19 heavy (non-hydrogen) atoms. The largest absolute Gasteiger partial charge is 0.308 e. The molecule has 0 radical (unpaired) electrons. The first kappa shape index (κ1) is 14.2. The van der Waals surface area contributed by atoms with Gasteiger partial charge in [0.1, 0.15) is 10.7 Å². The Morgan fingerprint density at radius 1 is 1.32 bits per heavy atom. The number of nitrogens with zero attached hydrogens (tertiary/aromatic N) is 2. The number of piperidine rings is 1. The van der Waals surface area contributed by atoms with E-state index in [0.717, 1.165) is 6.42 Å². The Labute approximate surface area is 114 Å². The van der Waals surface area contributed by atoms with E-state index < -0.39 is 10.0 Å². The fourth-order valence-corrected chi connectivity index (χ4v) is 4.19. The molecule has 1 aliphatic rings. The van der Waals surface area contributed by atoms with Gasteiger partial charge in [-0.15, -0.1) is 0 Å². The third-order valence-electron chi connectivity index (χ3n) is 3.36. The lowest BCUT2D eigenvalue weighted by atomic mass is 9.94. The molecule has 0 aromatic carbocycles. The third-order valence-corrected chi connectivity index (χ3v) is 5.17. The summed E-state index contributed by atoms with van der Waals surface area (Å²) in [5.74, 6) is 6.43. The van der Waals surface area contributed by atoms with Crippen LogP contribution in [0.15, 0.2) is 23.2 Å². The Balaban J connectivity index is 2.25. The molecule has 6 nitrogen and oxygen atoms in total. The molecule has 0 bridgehead atoms. The number of nitrogens with one attached hydrogen (secondary N) is 1. The van der Waals surface area contributed by atoms with Gasteiger partial charge in [0.25, 0.3) is 0 Å². The number of nitrogens with two attached hydrogens (primary N) is 1. The van der Waals surface area contributed by atoms with E-state index in [1.54, 1.807) is 10.4 Å². The molecule has 106 valence electrons. The Kier molecular flexibility index (Phi) is 4.07. The maximum Gasteiger partial charge on any atom is 0.244 e. The van der Waals surface area contributed by atoms with E-state index in [0.29, 0.717) is 30.7 Å². The standard InChI is InChI=1S/C12H20N4O2S/c1-9-5-10(2)8-16(7-9)19(17,18)11-3-4-12(15-13)14-6-11/h3-4,6,9-10H,5,7-8,13H2,1-2H3,(H,14,15)/t9-,10-/m1/s1. The number of nitrogen functional groups attached to an aromatic ring is 1. The van der Waals surface area contributed by atoms with Crippen LogP contribution >= 0.6 is 0 Å². The van der Waals surface area contributed by atoms with Gasteiger partial charge in [-0.2, -0.15) is 4.31 Å². The van der Waals surface area contributed by atoms with E-state index in [1.807, 2.05) is 0 Å². The van der Waals surface area contributed by atoms with Crippen molar-refractivity contribution in [3.05, 3.63) is 18.3 Å². The van der Waals surface area contributed by atoms with Crippen LogP contribution in [-0.4, -0.2) is 30.8 Å². The predicted molar refractivity (Wildman–Crippen MR) is 73.8 cm³/mol. The summed E-state index contributed by atoms with van der Waals surface area (Å²) in [5.41, 5.74) is 2.38. The molecule has 1 fully saturated rings. The first-order valence-electron chi connectivity index (χ1n) is 6.36. The summed E-state index contributed by atoms with van der Waals surface area (Å²) in [4.78, 5) is 4.17. The molecule has 0 aliphatic carbocycles. The summed E-state index contributed by atoms with van der Waals surface area (Å²) >= 11 is 0. The van der Waals surface area contributed by atoms with Gasteiger partial charge >= 0.3 is 0 Å². The van der Waals surface area contributed by atoms with Gasteiger partial charge in [0.2, 0.25) is 10.0 Å². The smallest absolute Gasteiger partial charge is 0.244 e. The fraction of sp³-hybridized carbons (Fsp3) is 0.583. The molecule has 0 unspecified atom stereocenters. The number of hydrazine groups is 1. The van der Waals surface area contributed by atoms with Crippen LogP contribution in [0.2, 0.25) is 0 Å². The first-order chi connectivity index (χ1) is 8.93. The monoisotopic (exact) mass is 284 g/mol. The van der Waals surface area contributed by atoms with Crippen LogP contribution in [0.25, 0.3) is 0 Å². The molecule has 1 aliphatic heterocycles. The van der Waals surface area contributed by atoms with Crippen molar-refractivity contribution in [1.82, 2.24) is 9.29 Å². The van der Waals surface area contributed by atoms with Gasteiger partial charge < -0.3 is 5.43 Å². The van der Waals surface area contributed by atoms with Crippen LogP contribution in [0.1, 0.15) is 20.3 Å². The number of rotatable bonds is 3. The van der Waals surface area contributed by atoms with E-state index in [-0.39, 0.29) is 4.90 Å². The van der Waals surface area contributed by atoms with Gasteiger partial charge in [0.15, 0.2) is 0 Å². The van der Waals surface area contributed by atoms with Crippen LogP contribution in [0.5, 0.6) is 0 Å². The average Bonchev–Trinajstić information content (AvgIpc) is 2.37. The Morgan fingerprint density at radius 3 is 2.42 bits per heavy atom. The highest BCUT2D eigenvalue weighted by atomic mass is 32.2. The van der Waals surface area contributed by atoms with Gasteiger partial charge in [0.05, 0.1) is 0 Å². The highest BCUT2D eigenvalue weighted by molar-refractivity contribution is 7.89. The second-order valence-corrected chi connectivity index (χ2v) is 7.23. The summed E-state index contributed by atoms with van der Waals surface area (Å²) < 4.78 is 26.6. The minimum atomic E-state index is -3.45. The van der Waals surface area contributed by atoms with E-state index in [4.69, 9.17) is 5.84 Å². The number of anilines is 1. The first-order valence-corrected chi connectivity index (χ1v) is 7.80. The number of aromatic nitrogens is 1. The molecule has 1 aromatic heterocycles. The normalized spacial score (nSPS) is 25.2. The summed E-state index contributed by atoms with van der Waals surface area (Å²) in [5, 5.41) is 0. The summed E-state index contributed by atoms with van der Waals surface area (Å²) in [7, 11) is -3.45. The molecule has 3 N–H and O–H groups in total. The van der Waals surface area contributed by atoms with Crippen molar-refractivity contribution in [3.63, 3.8) is 0 Å². The van der Waals surface area contributed by atoms with Crippen molar-refractivity contribution < 1.29 is 8.42 Å². The van der Waals surface area contributed by atoms with Crippen LogP contribution in [0.4, 0.5) is 5.82 Å². The topological polar surface area (TPSA) is 88.3 Å². The molecule has 7 heteroatoms. The Hall–Kier alpha value is -1.18. The molecular formula is C12H20N4O2S. The summed E-state index contributed by atoms with van der Waals surface area (Å²) in [6, 6.07) is 3.09. The molecule has 0 amide bonds. The highest BCUT2D eigenvalue weighted by Gasteiger charge is 2.31. The molecule has 2 rings (SSSR count). The lowest BCUT2D eigenvalue weighted by molar-refractivity contribution is 0.222. The van der Waals surface area contributed by atoms with Crippen molar-refractivity contribution in [3.8, 4) is 0 Å². The molecule has 1 aromatic rings. The summed E-state index contributed by atoms with van der Waals surface area (Å²) in [6.07, 6.45) is 2.41. The number of hydrogen-bond donors (Lipinski definition) is 2. The molecule has 0 saturated carbocycles. The minimum absolute atomic E-state index is 0.216. The zero-order valence-corrected chi connectivity index (χ0v) is 12.0. The van der Waals surface area contributed by atoms with Crippen molar-refractivity contribution in [2.45, 2.75) is 25.2 Å². The van der Waals surface area contributed by atoms with E-state index in [9.17, 15) is 8.42 Å². The van der Waals surface area contributed by atoms with E-state index >= 15 is 0 Å². The summed E-state index contributed by atoms with van der Waals surface area (Å²) in [6.45, 7) is 5.31. The number of pyridine rings is 1. The fourth-order valence-electron chi connectivity index (χ4n) is 2.57. The maximum absolute atomic E-state index is 12.5. The van der Waals surface area contributed by atoms with Crippen LogP contribution in [-0.2, 0) is 10.0 Å². The second-order valence-electron chi connectivity index (χ2n) is 5.29. The Morgan fingerprint density at radius 2 is 1.95 bits per heavy atom. The van der Waals surface area contributed by atoms with Gasteiger partial charge in [-0.25, -0.2) is 19.2 Å². The number of sulfonamides is 1. The molecule has 2 atom stereocenters. The van der Waals surface area contributed by atoms with E-state index in [2.05, 4.69) is 24.3 Å².